The van der Waals surface area contributed by atoms with Crippen molar-refractivity contribution in [1.82, 2.24) is 24.8 Å². The van der Waals surface area contributed by atoms with Crippen LogP contribution in [-0.2, 0) is 0 Å². The molecule has 3 atom stereocenters. The molecule has 3 aliphatic rings. The standard InChI is InChI=1S/C27H19Cl2FN6O/c1-13-2-4-16(21(30)6-13)22-11-20(27(29)32-22)26-19-10-18(19)24-7-14(8-25(37)36(24)26)17-9-15(28)3-5-23(17)35-12-31-33-34-35/h2-9,12,18-19,26H,10-11H2,1H3. The number of aliphatic imine (C=N–C) groups is 1. The Bertz CT molecular complexity index is 1730. The first-order valence-corrected chi connectivity index (χ1v) is 12.7. The van der Waals surface area contributed by atoms with Gasteiger partial charge in [0.25, 0.3) is 5.56 Å². The van der Waals surface area contributed by atoms with Crippen LogP contribution < -0.4 is 5.56 Å². The number of hydrogen-bond acceptors (Lipinski definition) is 5. The summed E-state index contributed by atoms with van der Waals surface area (Å²) < 4.78 is 18.1. The lowest BCUT2D eigenvalue weighted by molar-refractivity contribution is 0.523. The molecule has 2 aromatic carbocycles. The third kappa shape index (κ3) is 3.58. The van der Waals surface area contributed by atoms with Crippen molar-refractivity contribution in [2.75, 3.05) is 0 Å². The monoisotopic (exact) mass is 532 g/mol. The summed E-state index contributed by atoms with van der Waals surface area (Å²) in [5, 5.41) is 12.4. The van der Waals surface area contributed by atoms with Crippen LogP contribution in [0, 0.1) is 18.7 Å². The molecule has 7 rings (SSSR count). The summed E-state index contributed by atoms with van der Waals surface area (Å²) in [5.41, 5.74) is 5.83. The van der Waals surface area contributed by atoms with Crippen LogP contribution in [0.4, 0.5) is 4.39 Å². The van der Waals surface area contributed by atoms with Gasteiger partial charge in [-0.2, -0.15) is 4.68 Å². The molecule has 7 nitrogen and oxygen atoms in total. The number of aryl methyl sites for hydroxylation is 1. The van der Waals surface area contributed by atoms with Gasteiger partial charge in [-0.3, -0.25) is 4.79 Å². The minimum Gasteiger partial charge on any atom is -0.305 e. The maximum absolute atomic E-state index is 14.7. The molecule has 2 aliphatic heterocycles. The molecule has 3 unspecified atom stereocenters. The number of tetrazole rings is 1. The predicted molar refractivity (Wildman–Crippen MR) is 139 cm³/mol. The Labute approximate surface area is 220 Å². The summed E-state index contributed by atoms with van der Waals surface area (Å²) >= 11 is 13.0. The zero-order valence-electron chi connectivity index (χ0n) is 19.6. The molecule has 37 heavy (non-hydrogen) atoms. The van der Waals surface area contributed by atoms with E-state index in [9.17, 15) is 9.18 Å². The lowest BCUT2D eigenvalue weighted by atomic mass is 9.96. The fraction of sp³-hybridized carbons (Fsp3) is 0.222. The number of halogens is 3. The normalized spacial score (nSPS) is 21.7. The Hall–Kier alpha value is -3.62. The van der Waals surface area contributed by atoms with Gasteiger partial charge in [-0.1, -0.05) is 29.3 Å². The Morgan fingerprint density at radius 1 is 1.05 bits per heavy atom. The molecule has 0 bridgehead atoms. The summed E-state index contributed by atoms with van der Waals surface area (Å²) in [6.07, 6.45) is 2.88. The SMILES string of the molecule is Cc1ccc(C2=NC(Cl)=C(C3C4CC4c4cc(-c5cc(Cl)ccc5-n5cnnn5)cc(=O)n43)C2)c(F)c1. The van der Waals surface area contributed by atoms with Crippen LogP contribution >= 0.6 is 23.2 Å². The van der Waals surface area contributed by atoms with Gasteiger partial charge in [0.1, 0.15) is 17.3 Å². The molecule has 184 valence electrons. The Balaban J connectivity index is 1.28. The number of rotatable bonds is 4. The summed E-state index contributed by atoms with van der Waals surface area (Å²) in [4.78, 5) is 18.1. The lowest BCUT2D eigenvalue weighted by Gasteiger charge is -2.21. The number of hydrogen-bond donors (Lipinski definition) is 0. The summed E-state index contributed by atoms with van der Waals surface area (Å²) in [7, 11) is 0. The number of allylic oxidation sites excluding steroid dienone is 1. The molecule has 4 aromatic rings. The molecule has 2 aromatic heterocycles. The van der Waals surface area contributed by atoms with Gasteiger partial charge in [-0.15, -0.1) is 5.10 Å². The minimum atomic E-state index is -0.317. The fourth-order valence-corrected chi connectivity index (χ4v) is 6.23. The van der Waals surface area contributed by atoms with E-state index in [4.69, 9.17) is 23.2 Å². The second-order valence-corrected chi connectivity index (χ2v) is 10.6. The van der Waals surface area contributed by atoms with Crippen molar-refractivity contribution in [2.45, 2.75) is 31.7 Å². The highest BCUT2D eigenvalue weighted by molar-refractivity contribution is 6.32. The Morgan fingerprint density at radius 2 is 1.92 bits per heavy atom. The van der Waals surface area contributed by atoms with Gasteiger partial charge in [-0.25, -0.2) is 9.38 Å². The van der Waals surface area contributed by atoms with E-state index in [1.165, 1.54) is 12.4 Å². The maximum atomic E-state index is 14.7. The molecule has 10 heteroatoms. The molecule has 1 fully saturated rings. The maximum Gasteiger partial charge on any atom is 0.251 e. The highest BCUT2D eigenvalue weighted by Crippen LogP contribution is 2.62. The highest BCUT2D eigenvalue weighted by atomic mass is 35.5. The van der Waals surface area contributed by atoms with Crippen molar-refractivity contribution < 1.29 is 4.39 Å². The van der Waals surface area contributed by atoms with Crippen LogP contribution in [-0.4, -0.2) is 30.5 Å². The molecule has 0 saturated heterocycles. The van der Waals surface area contributed by atoms with Crippen molar-refractivity contribution in [3.05, 3.63) is 104 Å². The van der Waals surface area contributed by atoms with Crippen LogP contribution in [0.2, 0.25) is 5.02 Å². The van der Waals surface area contributed by atoms with Crippen molar-refractivity contribution >= 4 is 28.9 Å². The molecule has 0 radical (unpaired) electrons. The first-order valence-electron chi connectivity index (χ1n) is 11.9. The van der Waals surface area contributed by atoms with E-state index >= 15 is 0 Å². The van der Waals surface area contributed by atoms with Crippen LogP contribution in [0.25, 0.3) is 16.8 Å². The van der Waals surface area contributed by atoms with E-state index in [0.717, 1.165) is 40.1 Å². The van der Waals surface area contributed by atoms with Crippen LogP contribution in [0.15, 0.2) is 75.4 Å². The third-order valence-electron chi connectivity index (χ3n) is 7.52. The van der Waals surface area contributed by atoms with E-state index < -0.39 is 0 Å². The molecular formula is C27H19Cl2FN6O. The number of benzene rings is 2. The van der Waals surface area contributed by atoms with Crippen molar-refractivity contribution in [1.29, 1.82) is 0 Å². The largest absolute Gasteiger partial charge is 0.305 e. The van der Waals surface area contributed by atoms with Crippen LogP contribution in [0.3, 0.4) is 0 Å². The summed E-state index contributed by atoms with van der Waals surface area (Å²) in [6.45, 7) is 1.85. The van der Waals surface area contributed by atoms with Gasteiger partial charge in [0.15, 0.2) is 0 Å². The zero-order chi connectivity index (χ0) is 25.4. The van der Waals surface area contributed by atoms with Gasteiger partial charge >= 0.3 is 0 Å². The molecule has 0 spiro atoms. The van der Waals surface area contributed by atoms with Gasteiger partial charge < -0.3 is 4.57 Å². The minimum absolute atomic E-state index is 0.126. The number of pyridine rings is 1. The quantitative estimate of drug-likeness (QED) is 0.321. The van der Waals surface area contributed by atoms with E-state index in [-0.39, 0.29) is 29.3 Å². The number of fused-ring (bicyclic) bond motifs is 3. The van der Waals surface area contributed by atoms with E-state index in [0.29, 0.717) is 27.9 Å². The van der Waals surface area contributed by atoms with Gasteiger partial charge in [0.2, 0.25) is 0 Å². The van der Waals surface area contributed by atoms with Crippen LogP contribution in [0.1, 0.15) is 41.6 Å². The second-order valence-electron chi connectivity index (χ2n) is 9.78. The molecular weight excluding hydrogens is 514 g/mol. The average molecular weight is 533 g/mol. The number of nitrogens with zero attached hydrogens (tertiary/aromatic N) is 6. The molecule has 4 heterocycles. The van der Waals surface area contributed by atoms with E-state index in [1.807, 2.05) is 29.7 Å². The van der Waals surface area contributed by atoms with Gasteiger partial charge in [0, 0.05) is 40.2 Å². The van der Waals surface area contributed by atoms with Crippen molar-refractivity contribution in [2.24, 2.45) is 10.9 Å². The smallest absolute Gasteiger partial charge is 0.251 e. The van der Waals surface area contributed by atoms with E-state index in [2.05, 4.69) is 26.6 Å². The summed E-state index contributed by atoms with van der Waals surface area (Å²) in [6, 6.07) is 14.0. The fourth-order valence-electron chi connectivity index (χ4n) is 5.78. The van der Waals surface area contributed by atoms with Gasteiger partial charge in [-0.05, 0) is 82.8 Å². The number of aromatic nitrogens is 5. The molecule has 0 amide bonds. The van der Waals surface area contributed by atoms with Crippen molar-refractivity contribution in [3.63, 3.8) is 0 Å². The first-order chi connectivity index (χ1) is 17.9. The summed E-state index contributed by atoms with van der Waals surface area (Å²) in [5.74, 6) is 0.204. The first kappa shape index (κ1) is 22.6. The predicted octanol–water partition coefficient (Wildman–Crippen LogP) is 5.59. The lowest BCUT2D eigenvalue weighted by Crippen LogP contribution is -2.26. The topological polar surface area (TPSA) is 78.0 Å². The molecule has 0 N–H and O–H groups in total. The van der Waals surface area contributed by atoms with Crippen LogP contribution in [0.5, 0.6) is 0 Å². The van der Waals surface area contributed by atoms with Crippen molar-refractivity contribution in [3.8, 4) is 16.8 Å². The van der Waals surface area contributed by atoms with Gasteiger partial charge in [0.05, 0.1) is 17.4 Å². The zero-order valence-corrected chi connectivity index (χ0v) is 21.1. The molecule has 1 saturated carbocycles. The third-order valence-corrected chi connectivity index (χ3v) is 8.08. The Morgan fingerprint density at radius 3 is 2.70 bits per heavy atom. The average Bonchev–Trinajstić information content (AvgIpc) is 3.16. The second kappa shape index (κ2) is 8.19. The Kier molecular flexibility index (Phi) is 5.00. The molecule has 1 aliphatic carbocycles. The van der Waals surface area contributed by atoms with E-state index in [1.54, 1.807) is 22.9 Å². The highest BCUT2D eigenvalue weighted by Gasteiger charge is 2.54.